The minimum atomic E-state index is 0.611. The summed E-state index contributed by atoms with van der Waals surface area (Å²) in [6.45, 7) is 5.30. The lowest BCUT2D eigenvalue weighted by molar-refractivity contribution is 0.303. The van der Waals surface area contributed by atoms with Crippen molar-refractivity contribution in [2.45, 2.75) is 6.92 Å². The number of aryl methyl sites for hydroxylation is 1. The van der Waals surface area contributed by atoms with E-state index in [9.17, 15) is 0 Å². The lowest BCUT2D eigenvalue weighted by Gasteiger charge is -1.70. The summed E-state index contributed by atoms with van der Waals surface area (Å²) in [6.07, 6.45) is 0. The predicted octanol–water partition coefficient (Wildman–Crippen LogP) is 0.560. The third-order valence-corrected chi connectivity index (χ3v) is 0.746. The first-order valence-electron chi connectivity index (χ1n) is 1.92. The van der Waals surface area contributed by atoms with Crippen molar-refractivity contribution in [3.63, 3.8) is 0 Å². The largest absolute Gasteiger partial charge is 0.244 e. The van der Waals surface area contributed by atoms with Crippen molar-refractivity contribution in [1.82, 2.24) is 10.3 Å². The molecule has 0 aliphatic carbocycles. The van der Waals surface area contributed by atoms with Crippen molar-refractivity contribution in [1.29, 1.82) is 0 Å². The van der Waals surface area contributed by atoms with Crippen LogP contribution in [0.2, 0.25) is 0 Å². The van der Waals surface area contributed by atoms with E-state index in [1.54, 1.807) is 6.92 Å². The van der Waals surface area contributed by atoms with Gasteiger partial charge in [0, 0.05) is 6.92 Å². The topological polar surface area (TPSA) is 38.9 Å². The van der Waals surface area contributed by atoms with Gasteiger partial charge >= 0.3 is 0 Å². The van der Waals surface area contributed by atoms with Crippen LogP contribution in [0.25, 0.3) is 0 Å². The Morgan fingerprint density at radius 2 is 2.29 bits per heavy atom. The third-order valence-electron chi connectivity index (χ3n) is 0.746. The Labute approximate surface area is 41.3 Å². The average Bonchev–Trinajstić information content (AvgIpc) is 1.91. The van der Waals surface area contributed by atoms with Gasteiger partial charge in [0.1, 0.15) is 11.4 Å². The minimum Gasteiger partial charge on any atom is -0.244 e. The van der Waals surface area contributed by atoms with Gasteiger partial charge in [-0.05, 0) is 6.92 Å². The molecule has 3 heteroatoms. The number of hydrogen-bond acceptors (Lipinski definition) is 3. The lowest BCUT2D eigenvalue weighted by Crippen LogP contribution is -1.71. The Morgan fingerprint density at radius 1 is 1.57 bits per heavy atom. The predicted molar refractivity (Wildman–Crippen MR) is 23.5 cm³/mol. The Kier molecular flexibility index (Phi) is 0.817. The molecule has 0 aliphatic rings. The van der Waals surface area contributed by atoms with Gasteiger partial charge in [-0.3, -0.25) is 0 Å². The summed E-state index contributed by atoms with van der Waals surface area (Å²) in [5, 5.41) is 6.89. The first-order chi connectivity index (χ1) is 3.30. The van der Waals surface area contributed by atoms with Gasteiger partial charge in [-0.2, -0.15) is 0 Å². The maximum absolute atomic E-state index is 4.28. The quantitative estimate of drug-likeness (QED) is 0.474. The molecule has 0 atom stereocenters. The smallest absolute Gasteiger partial charge is 0.108 e. The van der Waals surface area contributed by atoms with E-state index in [1.165, 1.54) is 0 Å². The van der Waals surface area contributed by atoms with Crippen LogP contribution < -0.4 is 0 Å². The molecule has 37 valence electrons. The highest BCUT2D eigenvalue weighted by molar-refractivity contribution is 5.06. The van der Waals surface area contributed by atoms with Crippen molar-refractivity contribution >= 4 is 0 Å². The second-order valence-electron chi connectivity index (χ2n) is 1.30. The van der Waals surface area contributed by atoms with Crippen LogP contribution >= 0.6 is 0 Å². The molecule has 0 N–H and O–H groups in total. The molecule has 1 heterocycles. The van der Waals surface area contributed by atoms with Crippen molar-refractivity contribution in [2.75, 3.05) is 0 Å². The molecule has 0 saturated heterocycles. The summed E-state index contributed by atoms with van der Waals surface area (Å²) in [4.78, 5) is 0. The molecule has 0 bridgehead atoms. The molecule has 3 nitrogen and oxygen atoms in total. The molecule has 0 amide bonds. The normalized spacial score (nSPS) is 9.43. The van der Waals surface area contributed by atoms with Crippen molar-refractivity contribution in [3.05, 3.63) is 18.3 Å². The van der Waals surface area contributed by atoms with Crippen LogP contribution in [0.15, 0.2) is 4.63 Å². The van der Waals surface area contributed by atoms with Crippen LogP contribution in [0, 0.1) is 13.8 Å². The summed E-state index contributed by atoms with van der Waals surface area (Å²) in [7, 11) is 0. The molecule has 0 aromatic carbocycles. The van der Waals surface area contributed by atoms with Gasteiger partial charge in [-0.15, -0.1) is 0 Å². The van der Waals surface area contributed by atoms with E-state index in [4.69, 9.17) is 0 Å². The molecule has 0 aliphatic heterocycles. The molecule has 0 saturated carbocycles. The standard InChI is InChI=1S/C4H5N2O/c1-3-4(2)6-7-5-3/h1H2,2H3. The van der Waals surface area contributed by atoms with E-state index in [2.05, 4.69) is 21.9 Å². The summed E-state index contributed by atoms with van der Waals surface area (Å²) in [6, 6.07) is 0. The SMILES string of the molecule is [CH2]c1nonc1C. The van der Waals surface area contributed by atoms with Crippen LogP contribution in [-0.2, 0) is 0 Å². The maximum atomic E-state index is 4.28. The fourth-order valence-corrected chi connectivity index (χ4v) is 0.250. The molecule has 0 unspecified atom stereocenters. The van der Waals surface area contributed by atoms with E-state index < -0.39 is 0 Å². The zero-order valence-corrected chi connectivity index (χ0v) is 4.01. The van der Waals surface area contributed by atoms with E-state index in [-0.39, 0.29) is 0 Å². The molecule has 1 radical (unpaired) electrons. The van der Waals surface area contributed by atoms with Crippen molar-refractivity contribution in [3.8, 4) is 0 Å². The summed E-state index contributed by atoms with van der Waals surface area (Å²) in [5.74, 6) is 0. The van der Waals surface area contributed by atoms with Crippen LogP contribution in [0.4, 0.5) is 0 Å². The molecule has 1 aromatic rings. The van der Waals surface area contributed by atoms with E-state index in [0.29, 0.717) is 5.69 Å². The van der Waals surface area contributed by atoms with E-state index in [1.807, 2.05) is 0 Å². The average molecular weight is 97.1 g/mol. The lowest BCUT2D eigenvalue weighted by atomic mass is 10.4. The van der Waals surface area contributed by atoms with E-state index in [0.717, 1.165) is 5.69 Å². The third kappa shape index (κ3) is 0.607. The van der Waals surface area contributed by atoms with Gasteiger partial charge in [0.05, 0.1) is 0 Å². The Hall–Kier alpha value is -0.860. The zero-order valence-electron chi connectivity index (χ0n) is 4.01. The Bertz CT molecular complexity index is 142. The zero-order chi connectivity index (χ0) is 5.28. The molecule has 0 spiro atoms. The van der Waals surface area contributed by atoms with Crippen molar-refractivity contribution in [2.24, 2.45) is 0 Å². The van der Waals surface area contributed by atoms with Crippen molar-refractivity contribution < 1.29 is 4.63 Å². The highest BCUT2D eigenvalue weighted by Crippen LogP contribution is 1.94. The molecule has 1 aromatic heterocycles. The van der Waals surface area contributed by atoms with Gasteiger partial charge in [0.2, 0.25) is 0 Å². The van der Waals surface area contributed by atoms with Crippen LogP contribution in [0.1, 0.15) is 11.4 Å². The fourth-order valence-electron chi connectivity index (χ4n) is 0.250. The molecular weight excluding hydrogens is 92.1 g/mol. The highest BCUT2D eigenvalue weighted by Gasteiger charge is 1.93. The van der Waals surface area contributed by atoms with Crippen LogP contribution in [0.5, 0.6) is 0 Å². The second-order valence-corrected chi connectivity index (χ2v) is 1.30. The Morgan fingerprint density at radius 3 is 2.43 bits per heavy atom. The van der Waals surface area contributed by atoms with Gasteiger partial charge in [-0.1, -0.05) is 10.3 Å². The van der Waals surface area contributed by atoms with Gasteiger partial charge in [-0.25, -0.2) is 4.63 Å². The van der Waals surface area contributed by atoms with Gasteiger partial charge < -0.3 is 0 Å². The number of rotatable bonds is 0. The summed E-state index contributed by atoms with van der Waals surface area (Å²) in [5.41, 5.74) is 1.36. The second kappa shape index (κ2) is 1.33. The first-order valence-corrected chi connectivity index (χ1v) is 1.92. The molecule has 1 rings (SSSR count). The molecule has 7 heavy (non-hydrogen) atoms. The van der Waals surface area contributed by atoms with Gasteiger partial charge in [0.25, 0.3) is 0 Å². The minimum absolute atomic E-state index is 0.611. The van der Waals surface area contributed by atoms with E-state index >= 15 is 0 Å². The Balaban J connectivity index is 3.12. The summed E-state index contributed by atoms with van der Waals surface area (Å²) >= 11 is 0. The van der Waals surface area contributed by atoms with Crippen LogP contribution in [0.3, 0.4) is 0 Å². The fraction of sp³-hybridized carbons (Fsp3) is 0.250. The maximum Gasteiger partial charge on any atom is 0.108 e. The molecular formula is C4H5N2O. The monoisotopic (exact) mass is 97.0 g/mol. The highest BCUT2D eigenvalue weighted by atomic mass is 16.6. The summed E-state index contributed by atoms with van der Waals surface area (Å²) < 4.78 is 4.28. The first kappa shape index (κ1) is 4.30. The number of nitrogens with zero attached hydrogens (tertiary/aromatic N) is 2. The van der Waals surface area contributed by atoms with Gasteiger partial charge in [0.15, 0.2) is 0 Å². The molecule has 0 fully saturated rings. The number of hydrogen-bond donors (Lipinski definition) is 0. The number of aromatic nitrogens is 2. The van der Waals surface area contributed by atoms with Crippen LogP contribution in [-0.4, -0.2) is 10.3 Å².